The summed E-state index contributed by atoms with van der Waals surface area (Å²) in [6.07, 6.45) is 2.25. The maximum Gasteiger partial charge on any atom is 0.322 e. The van der Waals surface area contributed by atoms with Gasteiger partial charge in [0.2, 0.25) is 0 Å². The van der Waals surface area contributed by atoms with Crippen LogP contribution in [0.4, 0.5) is 0 Å². The zero-order valence-electron chi connectivity index (χ0n) is 9.33. The lowest BCUT2D eigenvalue weighted by Crippen LogP contribution is -2.42. The first kappa shape index (κ1) is 12.4. The molecule has 78 valence electrons. The fourth-order valence-electron chi connectivity index (χ4n) is 1.34. The molecular formula is C10H21NO2. The summed E-state index contributed by atoms with van der Waals surface area (Å²) in [5, 5.41) is 0. The van der Waals surface area contributed by atoms with Gasteiger partial charge >= 0.3 is 5.97 Å². The minimum Gasteiger partial charge on any atom is -0.468 e. The van der Waals surface area contributed by atoms with Crippen LogP contribution in [0.1, 0.15) is 33.6 Å². The van der Waals surface area contributed by atoms with E-state index in [9.17, 15) is 4.79 Å². The summed E-state index contributed by atoms with van der Waals surface area (Å²) in [5.41, 5.74) is 0. The minimum absolute atomic E-state index is 0.147. The van der Waals surface area contributed by atoms with Crippen LogP contribution in [0.2, 0.25) is 0 Å². The number of methoxy groups -OCH3 is 1. The largest absolute Gasteiger partial charge is 0.468 e. The molecule has 0 aliphatic heterocycles. The van der Waals surface area contributed by atoms with Gasteiger partial charge in [-0.15, -0.1) is 0 Å². The van der Waals surface area contributed by atoms with Crippen molar-refractivity contribution in [1.82, 2.24) is 4.90 Å². The maximum absolute atomic E-state index is 11.2. The Balaban J connectivity index is 4.07. The summed E-state index contributed by atoms with van der Waals surface area (Å²) in [5.74, 6) is -0.162. The predicted octanol–water partition coefficient (Wildman–Crippen LogP) is 1.67. The van der Waals surface area contributed by atoms with E-state index >= 15 is 0 Å². The molecule has 0 radical (unpaired) electrons. The molecule has 3 nitrogen and oxygen atoms in total. The second-order valence-electron chi connectivity index (χ2n) is 3.50. The molecule has 0 saturated heterocycles. The normalized spacial score (nSPS) is 15.5. The van der Waals surface area contributed by atoms with E-state index in [4.69, 9.17) is 0 Å². The van der Waals surface area contributed by atoms with E-state index < -0.39 is 0 Å². The fraction of sp³-hybridized carbons (Fsp3) is 0.900. The van der Waals surface area contributed by atoms with Gasteiger partial charge in [-0.1, -0.05) is 13.3 Å². The van der Waals surface area contributed by atoms with E-state index in [-0.39, 0.29) is 12.0 Å². The van der Waals surface area contributed by atoms with E-state index in [1.54, 1.807) is 0 Å². The molecule has 0 spiro atoms. The zero-order chi connectivity index (χ0) is 10.4. The summed E-state index contributed by atoms with van der Waals surface area (Å²) in [4.78, 5) is 13.2. The highest BCUT2D eigenvalue weighted by Crippen LogP contribution is 2.08. The lowest BCUT2D eigenvalue weighted by molar-refractivity contribution is -0.146. The van der Waals surface area contributed by atoms with Crippen LogP contribution in [0, 0.1) is 0 Å². The molecule has 0 bridgehead atoms. The third kappa shape index (κ3) is 3.77. The average Bonchev–Trinajstić information content (AvgIpc) is 2.14. The molecule has 2 unspecified atom stereocenters. The number of ether oxygens (including phenoxy) is 1. The first-order valence-electron chi connectivity index (χ1n) is 4.84. The molecule has 0 aliphatic rings. The number of carbonyl (C=O) groups is 1. The molecule has 0 aliphatic carbocycles. The Morgan fingerprint density at radius 2 is 2.00 bits per heavy atom. The van der Waals surface area contributed by atoms with Gasteiger partial charge in [0.1, 0.15) is 6.04 Å². The van der Waals surface area contributed by atoms with Gasteiger partial charge in [0.15, 0.2) is 0 Å². The van der Waals surface area contributed by atoms with Crippen LogP contribution in [0.3, 0.4) is 0 Å². The molecular weight excluding hydrogens is 166 g/mol. The van der Waals surface area contributed by atoms with Crippen LogP contribution >= 0.6 is 0 Å². The molecule has 0 aromatic carbocycles. The van der Waals surface area contributed by atoms with Crippen LogP contribution in [0.15, 0.2) is 0 Å². The van der Waals surface area contributed by atoms with Crippen LogP contribution in [-0.4, -0.2) is 37.1 Å². The first-order valence-corrected chi connectivity index (χ1v) is 4.84. The van der Waals surface area contributed by atoms with Gasteiger partial charge in [-0.3, -0.25) is 9.69 Å². The number of carbonyl (C=O) groups excluding carboxylic acids is 1. The number of esters is 1. The monoisotopic (exact) mass is 187 g/mol. The molecule has 0 heterocycles. The van der Waals surface area contributed by atoms with Crippen LogP contribution in [0.5, 0.6) is 0 Å². The van der Waals surface area contributed by atoms with Crippen molar-refractivity contribution in [1.29, 1.82) is 0 Å². The molecule has 3 heteroatoms. The number of hydrogen-bond donors (Lipinski definition) is 0. The van der Waals surface area contributed by atoms with Gasteiger partial charge in [0, 0.05) is 6.04 Å². The Morgan fingerprint density at radius 1 is 1.46 bits per heavy atom. The smallest absolute Gasteiger partial charge is 0.322 e. The molecule has 0 amide bonds. The Bertz CT molecular complexity index is 159. The summed E-state index contributed by atoms with van der Waals surface area (Å²) >= 11 is 0. The van der Waals surface area contributed by atoms with E-state index in [1.165, 1.54) is 7.11 Å². The number of rotatable bonds is 5. The highest BCUT2D eigenvalue weighted by Gasteiger charge is 2.21. The maximum atomic E-state index is 11.2. The topological polar surface area (TPSA) is 29.5 Å². The van der Waals surface area contributed by atoms with Gasteiger partial charge < -0.3 is 4.74 Å². The van der Waals surface area contributed by atoms with Crippen molar-refractivity contribution < 1.29 is 9.53 Å². The van der Waals surface area contributed by atoms with Gasteiger partial charge in [0.05, 0.1) is 7.11 Å². The lowest BCUT2D eigenvalue weighted by atomic mass is 10.1. The molecule has 0 rings (SSSR count). The quantitative estimate of drug-likeness (QED) is 0.613. The van der Waals surface area contributed by atoms with Crippen molar-refractivity contribution in [3.8, 4) is 0 Å². The number of hydrogen-bond acceptors (Lipinski definition) is 3. The highest BCUT2D eigenvalue weighted by atomic mass is 16.5. The van der Waals surface area contributed by atoms with Crippen LogP contribution in [0.25, 0.3) is 0 Å². The third-order valence-electron chi connectivity index (χ3n) is 2.55. The highest BCUT2D eigenvalue weighted by molar-refractivity contribution is 5.75. The second kappa shape index (κ2) is 5.97. The van der Waals surface area contributed by atoms with Gasteiger partial charge in [-0.25, -0.2) is 0 Å². The molecule has 0 aromatic rings. The molecule has 0 N–H and O–H groups in total. The van der Waals surface area contributed by atoms with E-state index in [0.717, 1.165) is 12.8 Å². The van der Waals surface area contributed by atoms with Crippen molar-refractivity contribution in [2.75, 3.05) is 14.2 Å². The Kier molecular flexibility index (Phi) is 5.71. The van der Waals surface area contributed by atoms with E-state index in [2.05, 4.69) is 23.5 Å². The predicted molar refractivity (Wildman–Crippen MR) is 53.6 cm³/mol. The minimum atomic E-state index is -0.162. The Labute approximate surface area is 81.1 Å². The summed E-state index contributed by atoms with van der Waals surface area (Å²) in [7, 11) is 3.39. The fourth-order valence-corrected chi connectivity index (χ4v) is 1.34. The van der Waals surface area contributed by atoms with E-state index in [1.807, 2.05) is 14.0 Å². The van der Waals surface area contributed by atoms with Crippen molar-refractivity contribution in [3.63, 3.8) is 0 Å². The number of nitrogens with zero attached hydrogens (tertiary/aromatic N) is 1. The van der Waals surface area contributed by atoms with Crippen molar-refractivity contribution in [2.24, 2.45) is 0 Å². The Morgan fingerprint density at radius 3 is 2.38 bits per heavy atom. The van der Waals surface area contributed by atoms with Crippen LogP contribution in [-0.2, 0) is 9.53 Å². The summed E-state index contributed by atoms with van der Waals surface area (Å²) in [6, 6.07) is 0.283. The number of likely N-dealkylation sites (N-methyl/N-ethyl adjacent to an activating group) is 1. The van der Waals surface area contributed by atoms with Gasteiger partial charge in [0.25, 0.3) is 0 Å². The molecule has 2 atom stereocenters. The molecule has 0 aromatic heterocycles. The van der Waals surface area contributed by atoms with Gasteiger partial charge in [-0.05, 0) is 27.3 Å². The molecule has 0 fully saturated rings. The zero-order valence-corrected chi connectivity index (χ0v) is 9.33. The summed E-state index contributed by atoms with van der Waals surface area (Å²) in [6.45, 7) is 6.15. The third-order valence-corrected chi connectivity index (χ3v) is 2.55. The average molecular weight is 187 g/mol. The Hall–Kier alpha value is -0.570. The van der Waals surface area contributed by atoms with Crippen molar-refractivity contribution in [2.45, 2.75) is 45.7 Å². The SMILES string of the molecule is CCCC(C)N(C)C(C)C(=O)OC. The van der Waals surface area contributed by atoms with Crippen molar-refractivity contribution >= 4 is 5.97 Å². The standard InChI is InChI=1S/C10H21NO2/c1-6-7-8(2)11(4)9(3)10(12)13-5/h8-9H,6-7H2,1-5H3. The molecule has 13 heavy (non-hydrogen) atoms. The lowest BCUT2D eigenvalue weighted by Gasteiger charge is -2.28. The van der Waals surface area contributed by atoms with Crippen LogP contribution < -0.4 is 0 Å². The molecule has 0 saturated carbocycles. The van der Waals surface area contributed by atoms with Crippen molar-refractivity contribution in [3.05, 3.63) is 0 Å². The van der Waals surface area contributed by atoms with E-state index in [0.29, 0.717) is 6.04 Å². The second-order valence-corrected chi connectivity index (χ2v) is 3.50. The first-order chi connectivity index (χ1) is 6.04. The van der Waals surface area contributed by atoms with Gasteiger partial charge in [-0.2, -0.15) is 0 Å². The summed E-state index contributed by atoms with van der Waals surface area (Å²) < 4.78 is 4.68.